The molecule has 1 amide bonds. The zero-order valence-electron chi connectivity index (χ0n) is 15.4. The van der Waals surface area contributed by atoms with Crippen LogP contribution >= 0.6 is 11.6 Å². The monoisotopic (exact) mass is 371 g/mol. The second-order valence-corrected chi connectivity index (χ2v) is 7.24. The summed E-state index contributed by atoms with van der Waals surface area (Å²) >= 11 is 6.25. The zero-order chi connectivity index (χ0) is 18.5. The molecule has 1 fully saturated rings. The largest absolute Gasteiger partial charge is 0.368 e. The van der Waals surface area contributed by atoms with Crippen LogP contribution in [0.3, 0.4) is 0 Å². The van der Waals surface area contributed by atoms with E-state index in [0.29, 0.717) is 6.54 Å². The van der Waals surface area contributed by atoms with Gasteiger partial charge >= 0.3 is 0 Å². The Morgan fingerprint density at radius 3 is 2.31 bits per heavy atom. The van der Waals surface area contributed by atoms with Crippen molar-refractivity contribution in [2.45, 2.75) is 19.5 Å². The van der Waals surface area contributed by atoms with Gasteiger partial charge in [0.2, 0.25) is 5.91 Å². The Balaban J connectivity index is 1.55. The Labute approximate surface area is 161 Å². The van der Waals surface area contributed by atoms with Crippen LogP contribution in [0.15, 0.2) is 54.6 Å². The minimum absolute atomic E-state index is 0.172. The molecule has 1 aliphatic rings. The third kappa shape index (κ3) is 4.37. The highest BCUT2D eigenvalue weighted by Gasteiger charge is 2.27. The highest BCUT2D eigenvalue weighted by atomic mass is 35.5. The third-order valence-corrected chi connectivity index (χ3v) is 5.48. The summed E-state index contributed by atoms with van der Waals surface area (Å²) in [6, 6.07) is 18.0. The van der Waals surface area contributed by atoms with Crippen LogP contribution < -0.4 is 4.90 Å². The number of carbonyl (C=O) groups is 1. The van der Waals surface area contributed by atoms with Gasteiger partial charge in [0.15, 0.2) is 0 Å². The van der Waals surface area contributed by atoms with Gasteiger partial charge in [-0.05, 0) is 37.7 Å². The Morgan fingerprint density at radius 2 is 1.65 bits per heavy atom. The number of carbonyl (C=O) groups excluding carboxylic acids is 1. The summed E-state index contributed by atoms with van der Waals surface area (Å²) in [6.45, 7) is 5.91. The van der Waals surface area contributed by atoms with Crippen molar-refractivity contribution in [3.63, 3.8) is 0 Å². The lowest BCUT2D eigenvalue weighted by Gasteiger charge is -2.38. The second-order valence-electron chi connectivity index (χ2n) is 6.83. The van der Waals surface area contributed by atoms with Gasteiger partial charge in [0, 0.05) is 43.4 Å². The summed E-state index contributed by atoms with van der Waals surface area (Å²) in [6.07, 6.45) is 0. The molecule has 0 aliphatic carbocycles. The summed E-state index contributed by atoms with van der Waals surface area (Å²) in [5.74, 6) is 0.187. The molecular formula is C21H26ClN3O. The number of anilines is 1. The standard InChI is InChI=1S/C21H26ClN3O/c1-17(23(2)16-18-8-6-7-11-20(18)22)21(26)25-14-12-24(13-15-25)19-9-4-3-5-10-19/h3-11,17H,12-16H2,1-2H3/t17-/m0/s1. The number of hydrogen-bond acceptors (Lipinski definition) is 3. The topological polar surface area (TPSA) is 26.8 Å². The molecule has 0 bridgehead atoms. The molecule has 0 spiro atoms. The van der Waals surface area contributed by atoms with Gasteiger partial charge in [0.25, 0.3) is 0 Å². The van der Waals surface area contributed by atoms with E-state index in [1.54, 1.807) is 0 Å². The Kier molecular flexibility index (Phi) is 6.17. The number of piperazine rings is 1. The highest BCUT2D eigenvalue weighted by Crippen LogP contribution is 2.19. The van der Waals surface area contributed by atoms with Crippen LogP contribution in [0, 0.1) is 0 Å². The van der Waals surface area contributed by atoms with E-state index in [0.717, 1.165) is 36.8 Å². The number of likely N-dealkylation sites (N-methyl/N-ethyl adjacent to an activating group) is 1. The molecule has 3 rings (SSSR count). The predicted octanol–water partition coefficient (Wildman–Crippen LogP) is 3.51. The third-order valence-electron chi connectivity index (χ3n) is 5.11. The second kappa shape index (κ2) is 8.56. The van der Waals surface area contributed by atoms with Crippen LogP contribution in [0.25, 0.3) is 0 Å². The molecule has 0 saturated carbocycles. The average Bonchev–Trinajstić information content (AvgIpc) is 2.69. The van der Waals surface area contributed by atoms with E-state index in [1.807, 2.05) is 49.2 Å². The molecule has 1 aliphatic heterocycles. The number of nitrogens with zero attached hydrogens (tertiary/aromatic N) is 3. The summed E-state index contributed by atoms with van der Waals surface area (Å²) in [5, 5.41) is 0.746. The number of rotatable bonds is 5. The van der Waals surface area contributed by atoms with E-state index in [1.165, 1.54) is 5.69 Å². The van der Waals surface area contributed by atoms with E-state index in [9.17, 15) is 4.79 Å². The van der Waals surface area contributed by atoms with Crippen molar-refractivity contribution in [2.75, 3.05) is 38.1 Å². The van der Waals surface area contributed by atoms with Gasteiger partial charge in [-0.3, -0.25) is 9.69 Å². The molecule has 0 radical (unpaired) electrons. The molecule has 2 aromatic rings. The van der Waals surface area contributed by atoms with Crippen molar-refractivity contribution in [3.8, 4) is 0 Å². The van der Waals surface area contributed by atoms with E-state index in [4.69, 9.17) is 11.6 Å². The first-order valence-corrected chi connectivity index (χ1v) is 9.46. The first-order chi connectivity index (χ1) is 12.6. The molecule has 0 aromatic heterocycles. The SMILES string of the molecule is C[C@@H](C(=O)N1CCN(c2ccccc2)CC1)N(C)Cc1ccccc1Cl. The van der Waals surface area contributed by atoms with Crippen molar-refractivity contribution < 1.29 is 4.79 Å². The van der Waals surface area contributed by atoms with Gasteiger partial charge in [-0.1, -0.05) is 48.0 Å². The Hall–Kier alpha value is -2.04. The van der Waals surface area contributed by atoms with Gasteiger partial charge in [0.05, 0.1) is 6.04 Å². The van der Waals surface area contributed by atoms with Crippen LogP contribution in [0.2, 0.25) is 5.02 Å². The first kappa shape index (κ1) is 18.7. The molecule has 26 heavy (non-hydrogen) atoms. The fraction of sp³-hybridized carbons (Fsp3) is 0.381. The van der Waals surface area contributed by atoms with Gasteiger partial charge in [-0.15, -0.1) is 0 Å². The molecule has 4 nitrogen and oxygen atoms in total. The zero-order valence-corrected chi connectivity index (χ0v) is 16.2. The van der Waals surface area contributed by atoms with Gasteiger partial charge in [0.1, 0.15) is 0 Å². The molecule has 0 unspecified atom stereocenters. The van der Waals surface area contributed by atoms with Crippen LogP contribution in [0.4, 0.5) is 5.69 Å². The maximum atomic E-state index is 12.9. The molecule has 0 N–H and O–H groups in total. The lowest BCUT2D eigenvalue weighted by atomic mass is 10.1. The minimum atomic E-state index is -0.172. The number of amides is 1. The van der Waals surface area contributed by atoms with Gasteiger partial charge < -0.3 is 9.80 Å². The Bertz CT molecular complexity index is 729. The molecular weight excluding hydrogens is 346 g/mol. The number of para-hydroxylation sites is 1. The van der Waals surface area contributed by atoms with Gasteiger partial charge in [-0.25, -0.2) is 0 Å². The summed E-state index contributed by atoms with van der Waals surface area (Å²) < 4.78 is 0. The molecule has 1 atom stereocenters. The van der Waals surface area contributed by atoms with E-state index < -0.39 is 0 Å². The maximum absolute atomic E-state index is 12.9. The quantitative estimate of drug-likeness (QED) is 0.804. The summed E-state index contributed by atoms with van der Waals surface area (Å²) in [5.41, 5.74) is 2.27. The Morgan fingerprint density at radius 1 is 1.04 bits per heavy atom. The predicted molar refractivity (Wildman–Crippen MR) is 108 cm³/mol. The van der Waals surface area contributed by atoms with Crippen LogP contribution in [-0.4, -0.2) is 55.0 Å². The maximum Gasteiger partial charge on any atom is 0.239 e. The number of benzene rings is 2. The lowest BCUT2D eigenvalue weighted by Crippen LogP contribution is -2.53. The molecule has 5 heteroatoms. The van der Waals surface area contributed by atoms with E-state index in [-0.39, 0.29) is 11.9 Å². The minimum Gasteiger partial charge on any atom is -0.368 e. The number of halogens is 1. The van der Waals surface area contributed by atoms with Crippen molar-refractivity contribution >= 4 is 23.2 Å². The fourth-order valence-corrected chi connectivity index (χ4v) is 3.50. The normalized spacial score (nSPS) is 16.0. The van der Waals surface area contributed by atoms with E-state index in [2.05, 4.69) is 34.1 Å². The summed E-state index contributed by atoms with van der Waals surface area (Å²) in [4.78, 5) is 19.3. The first-order valence-electron chi connectivity index (χ1n) is 9.08. The van der Waals surface area contributed by atoms with Crippen LogP contribution in [-0.2, 0) is 11.3 Å². The van der Waals surface area contributed by atoms with Crippen molar-refractivity contribution in [3.05, 3.63) is 65.2 Å². The van der Waals surface area contributed by atoms with Crippen LogP contribution in [0.5, 0.6) is 0 Å². The van der Waals surface area contributed by atoms with E-state index >= 15 is 0 Å². The average molecular weight is 372 g/mol. The molecule has 1 heterocycles. The molecule has 138 valence electrons. The van der Waals surface area contributed by atoms with Crippen molar-refractivity contribution in [1.29, 1.82) is 0 Å². The lowest BCUT2D eigenvalue weighted by molar-refractivity contribution is -0.136. The van der Waals surface area contributed by atoms with Crippen molar-refractivity contribution in [2.24, 2.45) is 0 Å². The highest BCUT2D eigenvalue weighted by molar-refractivity contribution is 6.31. The van der Waals surface area contributed by atoms with Crippen molar-refractivity contribution in [1.82, 2.24) is 9.80 Å². The summed E-state index contributed by atoms with van der Waals surface area (Å²) in [7, 11) is 1.98. The molecule has 2 aromatic carbocycles. The van der Waals surface area contributed by atoms with Crippen LogP contribution in [0.1, 0.15) is 12.5 Å². The number of hydrogen-bond donors (Lipinski definition) is 0. The molecule has 1 saturated heterocycles. The smallest absolute Gasteiger partial charge is 0.239 e. The van der Waals surface area contributed by atoms with Gasteiger partial charge in [-0.2, -0.15) is 0 Å². The fourth-order valence-electron chi connectivity index (χ4n) is 3.31.